The minimum absolute atomic E-state index is 0.0780. The van der Waals surface area contributed by atoms with Gasteiger partial charge in [-0.1, -0.05) is 36.4 Å². The summed E-state index contributed by atoms with van der Waals surface area (Å²) in [5.74, 6) is -0.506. The highest BCUT2D eigenvalue weighted by Crippen LogP contribution is 1.98. The maximum Gasteiger partial charge on any atom is 0.330 e. The van der Waals surface area contributed by atoms with Crippen LogP contribution in [0.5, 0.6) is 0 Å². The van der Waals surface area contributed by atoms with Crippen LogP contribution in [-0.4, -0.2) is 25.5 Å². The van der Waals surface area contributed by atoms with E-state index in [2.05, 4.69) is 10.1 Å². The standard InChI is InChI=1S/C13H15NO3/c1-17-13(16)8-5-9-14-12(15)10-11-6-3-2-4-7-11/h2-8H,9-10H2,1H3,(H,14,15)/b8-5+. The van der Waals surface area contributed by atoms with Crippen LogP contribution in [0.2, 0.25) is 0 Å². The van der Waals surface area contributed by atoms with E-state index in [1.54, 1.807) is 6.08 Å². The molecule has 0 unspecified atom stereocenters. The van der Waals surface area contributed by atoms with Gasteiger partial charge in [0.2, 0.25) is 5.91 Å². The van der Waals surface area contributed by atoms with Crippen LogP contribution in [0, 0.1) is 0 Å². The molecule has 1 rings (SSSR count). The highest BCUT2D eigenvalue weighted by molar-refractivity contribution is 5.82. The van der Waals surface area contributed by atoms with Crippen LogP contribution in [0.15, 0.2) is 42.5 Å². The van der Waals surface area contributed by atoms with Crippen molar-refractivity contribution in [3.63, 3.8) is 0 Å². The third kappa shape index (κ3) is 5.51. The number of rotatable bonds is 5. The van der Waals surface area contributed by atoms with Gasteiger partial charge in [-0.25, -0.2) is 4.79 Å². The van der Waals surface area contributed by atoms with E-state index in [0.717, 1.165) is 5.56 Å². The Hall–Kier alpha value is -2.10. The quantitative estimate of drug-likeness (QED) is 0.611. The molecule has 1 aromatic carbocycles. The summed E-state index contributed by atoms with van der Waals surface area (Å²) in [5, 5.41) is 2.68. The molecular formula is C13H15NO3. The summed E-state index contributed by atoms with van der Waals surface area (Å²) < 4.78 is 4.41. The minimum Gasteiger partial charge on any atom is -0.466 e. The van der Waals surface area contributed by atoms with Crippen molar-refractivity contribution in [2.24, 2.45) is 0 Å². The molecule has 90 valence electrons. The number of carbonyl (C=O) groups excluding carboxylic acids is 2. The van der Waals surface area contributed by atoms with Crippen molar-refractivity contribution in [2.75, 3.05) is 13.7 Å². The number of nitrogens with one attached hydrogen (secondary N) is 1. The molecule has 0 atom stereocenters. The Kier molecular flexibility index (Phi) is 5.51. The number of hydrogen-bond acceptors (Lipinski definition) is 3. The molecule has 0 fully saturated rings. The Morgan fingerprint density at radius 2 is 2.00 bits per heavy atom. The topological polar surface area (TPSA) is 55.4 Å². The second-order valence-electron chi connectivity index (χ2n) is 3.39. The molecule has 4 nitrogen and oxygen atoms in total. The van der Waals surface area contributed by atoms with E-state index in [1.807, 2.05) is 30.3 Å². The van der Waals surface area contributed by atoms with Crippen LogP contribution in [0.1, 0.15) is 5.56 Å². The lowest BCUT2D eigenvalue weighted by atomic mass is 10.1. The minimum atomic E-state index is -0.428. The fourth-order valence-electron chi connectivity index (χ4n) is 1.24. The van der Waals surface area contributed by atoms with Gasteiger partial charge in [0.25, 0.3) is 0 Å². The van der Waals surface area contributed by atoms with Gasteiger partial charge in [-0.2, -0.15) is 0 Å². The van der Waals surface area contributed by atoms with Crippen molar-refractivity contribution in [1.29, 1.82) is 0 Å². The lowest BCUT2D eigenvalue weighted by molar-refractivity contribution is -0.134. The molecule has 0 spiro atoms. The third-order valence-corrected chi connectivity index (χ3v) is 2.08. The normalized spacial score (nSPS) is 10.2. The van der Waals surface area contributed by atoms with Gasteiger partial charge in [-0.3, -0.25) is 4.79 Å². The smallest absolute Gasteiger partial charge is 0.330 e. The zero-order valence-electron chi connectivity index (χ0n) is 9.68. The van der Waals surface area contributed by atoms with Crippen LogP contribution in [0.3, 0.4) is 0 Å². The first kappa shape index (κ1) is 13.0. The van der Waals surface area contributed by atoms with Gasteiger partial charge in [-0.15, -0.1) is 0 Å². The van der Waals surface area contributed by atoms with E-state index in [-0.39, 0.29) is 5.91 Å². The molecule has 0 saturated carbocycles. The number of amides is 1. The lowest BCUT2D eigenvalue weighted by Crippen LogP contribution is -2.25. The van der Waals surface area contributed by atoms with Crippen LogP contribution in [-0.2, 0) is 20.7 Å². The van der Waals surface area contributed by atoms with Gasteiger partial charge in [0, 0.05) is 12.6 Å². The number of carbonyl (C=O) groups is 2. The first-order valence-corrected chi connectivity index (χ1v) is 5.27. The predicted octanol–water partition coefficient (Wildman–Crippen LogP) is 1.07. The number of methoxy groups -OCH3 is 1. The number of benzene rings is 1. The Bertz CT molecular complexity index is 398. The van der Waals surface area contributed by atoms with Crippen molar-refractivity contribution >= 4 is 11.9 Å². The van der Waals surface area contributed by atoms with E-state index in [9.17, 15) is 9.59 Å². The van der Waals surface area contributed by atoms with Crippen molar-refractivity contribution in [3.05, 3.63) is 48.0 Å². The van der Waals surface area contributed by atoms with Gasteiger partial charge in [0.1, 0.15) is 0 Å². The molecular weight excluding hydrogens is 218 g/mol. The zero-order chi connectivity index (χ0) is 12.5. The van der Waals surface area contributed by atoms with Gasteiger partial charge in [0.05, 0.1) is 13.5 Å². The average Bonchev–Trinajstić information content (AvgIpc) is 2.35. The highest BCUT2D eigenvalue weighted by Gasteiger charge is 2.00. The molecule has 0 aliphatic carbocycles. The van der Waals surface area contributed by atoms with Gasteiger partial charge < -0.3 is 10.1 Å². The summed E-state index contributed by atoms with van der Waals surface area (Å²) >= 11 is 0. The molecule has 0 aliphatic rings. The van der Waals surface area contributed by atoms with E-state index in [1.165, 1.54) is 13.2 Å². The summed E-state index contributed by atoms with van der Waals surface area (Å²) in [5.41, 5.74) is 0.960. The van der Waals surface area contributed by atoms with Crippen LogP contribution in [0.4, 0.5) is 0 Å². The summed E-state index contributed by atoms with van der Waals surface area (Å²) in [7, 11) is 1.31. The Labute approximate surface area is 100 Å². The summed E-state index contributed by atoms with van der Waals surface area (Å²) in [4.78, 5) is 22.2. The van der Waals surface area contributed by atoms with Gasteiger partial charge >= 0.3 is 5.97 Å². The Morgan fingerprint density at radius 1 is 1.29 bits per heavy atom. The highest BCUT2D eigenvalue weighted by atomic mass is 16.5. The molecule has 0 radical (unpaired) electrons. The SMILES string of the molecule is COC(=O)/C=C/CNC(=O)Cc1ccccc1. The molecule has 1 amide bonds. The molecule has 0 heterocycles. The first-order chi connectivity index (χ1) is 8.22. The fraction of sp³-hybridized carbons (Fsp3) is 0.231. The summed E-state index contributed by atoms with van der Waals surface area (Å²) in [6, 6.07) is 9.47. The Balaban J connectivity index is 2.27. The van der Waals surface area contributed by atoms with Crippen molar-refractivity contribution < 1.29 is 14.3 Å². The third-order valence-electron chi connectivity index (χ3n) is 2.08. The number of esters is 1. The summed E-state index contributed by atoms with van der Waals surface area (Å²) in [6.45, 7) is 0.320. The lowest BCUT2D eigenvalue weighted by Gasteiger charge is -2.02. The molecule has 4 heteroatoms. The molecule has 17 heavy (non-hydrogen) atoms. The maximum atomic E-state index is 11.5. The molecule has 1 aromatic rings. The Morgan fingerprint density at radius 3 is 2.65 bits per heavy atom. The summed E-state index contributed by atoms with van der Waals surface area (Å²) in [6.07, 6.45) is 3.17. The molecule has 0 aliphatic heterocycles. The first-order valence-electron chi connectivity index (χ1n) is 5.27. The molecule has 1 N–H and O–H groups in total. The van der Waals surface area contributed by atoms with Crippen molar-refractivity contribution in [1.82, 2.24) is 5.32 Å². The average molecular weight is 233 g/mol. The van der Waals surface area contributed by atoms with Crippen molar-refractivity contribution in [2.45, 2.75) is 6.42 Å². The van der Waals surface area contributed by atoms with E-state index < -0.39 is 5.97 Å². The van der Waals surface area contributed by atoms with Crippen LogP contribution >= 0.6 is 0 Å². The second kappa shape index (κ2) is 7.22. The molecule has 0 bridgehead atoms. The van der Waals surface area contributed by atoms with Crippen LogP contribution < -0.4 is 5.32 Å². The van der Waals surface area contributed by atoms with E-state index in [4.69, 9.17) is 0 Å². The van der Waals surface area contributed by atoms with E-state index in [0.29, 0.717) is 13.0 Å². The van der Waals surface area contributed by atoms with E-state index >= 15 is 0 Å². The monoisotopic (exact) mass is 233 g/mol. The number of hydrogen-bond donors (Lipinski definition) is 1. The molecule has 0 aromatic heterocycles. The maximum absolute atomic E-state index is 11.5. The second-order valence-corrected chi connectivity index (χ2v) is 3.39. The van der Waals surface area contributed by atoms with Crippen molar-refractivity contribution in [3.8, 4) is 0 Å². The largest absolute Gasteiger partial charge is 0.466 e. The fourth-order valence-corrected chi connectivity index (χ4v) is 1.24. The zero-order valence-corrected chi connectivity index (χ0v) is 9.68. The van der Waals surface area contributed by atoms with Gasteiger partial charge in [-0.05, 0) is 5.56 Å². The predicted molar refractivity (Wildman–Crippen MR) is 64.3 cm³/mol. The number of ether oxygens (including phenoxy) is 1. The molecule has 0 saturated heterocycles. The van der Waals surface area contributed by atoms with Gasteiger partial charge in [0.15, 0.2) is 0 Å². The van der Waals surface area contributed by atoms with Crippen LogP contribution in [0.25, 0.3) is 0 Å².